The molecule has 0 aliphatic heterocycles. The highest BCUT2D eigenvalue weighted by Crippen LogP contribution is 2.30. The normalized spacial score (nSPS) is 13.7. The Bertz CT molecular complexity index is 773. The largest absolute Gasteiger partial charge is 0.436 e. The van der Waals surface area contributed by atoms with Gasteiger partial charge in [0.15, 0.2) is 6.10 Å². The van der Waals surface area contributed by atoms with E-state index in [2.05, 4.69) is 5.32 Å². The third-order valence-electron chi connectivity index (χ3n) is 4.14. The summed E-state index contributed by atoms with van der Waals surface area (Å²) in [6.07, 6.45) is -5.87. The number of nitrogens with zero attached hydrogens (tertiary/aromatic N) is 1. The molecule has 1 rings (SSSR count). The molecule has 0 fully saturated rings. The van der Waals surface area contributed by atoms with Gasteiger partial charge in [-0.15, -0.1) is 0 Å². The van der Waals surface area contributed by atoms with E-state index >= 15 is 0 Å². The summed E-state index contributed by atoms with van der Waals surface area (Å²) in [7, 11) is 1.22. The molecule has 1 aromatic rings. The van der Waals surface area contributed by atoms with Crippen molar-refractivity contribution in [3.05, 3.63) is 29.8 Å². The van der Waals surface area contributed by atoms with Gasteiger partial charge in [-0.25, -0.2) is 4.79 Å². The molecule has 31 heavy (non-hydrogen) atoms. The molecule has 0 radical (unpaired) electrons. The van der Waals surface area contributed by atoms with Gasteiger partial charge in [-0.1, -0.05) is 27.7 Å². The maximum atomic E-state index is 12.7. The first kappa shape index (κ1) is 26.3. The molecule has 0 heterocycles. The molecule has 0 spiro atoms. The zero-order valence-corrected chi connectivity index (χ0v) is 18.5. The highest BCUT2D eigenvalue weighted by atomic mass is 19.4. The number of carbonyl (C=O) groups is 3. The monoisotopic (exact) mass is 446 g/mol. The smallest absolute Gasteiger partial charge is 0.416 e. The molecule has 0 saturated heterocycles. The van der Waals surface area contributed by atoms with Gasteiger partial charge in [-0.3, -0.25) is 14.9 Å². The standard InChI is InChI=1S/C21H29F3N2O5/c1-13(12-20(3,4)5)11-17(18(28)26(6)31-14(2)27)30-19(29)25-16-9-7-15(8-10-16)21(22,23)24/h7-10,13,17H,11-12H2,1-6H3,(H,25,29)/t13?,17-/m0/s1. The molecule has 0 aliphatic carbocycles. The van der Waals surface area contributed by atoms with Crippen molar-refractivity contribution in [3.8, 4) is 0 Å². The number of hydroxylamine groups is 2. The predicted octanol–water partition coefficient (Wildman–Crippen LogP) is 5.02. The average molecular weight is 446 g/mol. The third kappa shape index (κ3) is 9.71. The van der Waals surface area contributed by atoms with Crippen LogP contribution < -0.4 is 5.32 Å². The molecule has 0 bridgehead atoms. The number of nitrogens with one attached hydrogen (secondary N) is 1. The SMILES string of the molecule is CC(=O)ON(C)C(=O)[C@H](CC(C)CC(C)(C)C)OC(=O)Nc1ccc(C(F)(F)F)cc1. The zero-order valence-electron chi connectivity index (χ0n) is 18.5. The fourth-order valence-electron chi connectivity index (χ4n) is 3.15. The second-order valence-corrected chi connectivity index (χ2v) is 8.62. The number of anilines is 1. The average Bonchev–Trinajstić information content (AvgIpc) is 2.57. The van der Waals surface area contributed by atoms with E-state index in [0.29, 0.717) is 5.06 Å². The van der Waals surface area contributed by atoms with E-state index < -0.39 is 35.8 Å². The van der Waals surface area contributed by atoms with Crippen molar-refractivity contribution >= 4 is 23.7 Å². The zero-order chi connectivity index (χ0) is 24.0. The van der Waals surface area contributed by atoms with Crippen LogP contribution in [0.15, 0.2) is 24.3 Å². The Kier molecular flexibility index (Phi) is 8.89. The molecular weight excluding hydrogens is 417 g/mol. The highest BCUT2D eigenvalue weighted by molar-refractivity contribution is 5.88. The minimum atomic E-state index is -4.50. The van der Waals surface area contributed by atoms with Crippen LogP contribution in [0, 0.1) is 11.3 Å². The van der Waals surface area contributed by atoms with Gasteiger partial charge in [0.05, 0.1) is 5.56 Å². The number of halogens is 3. The summed E-state index contributed by atoms with van der Waals surface area (Å²) in [6, 6.07) is 3.79. The molecule has 1 N–H and O–H groups in total. The van der Waals surface area contributed by atoms with Gasteiger partial charge in [0.25, 0.3) is 5.91 Å². The van der Waals surface area contributed by atoms with E-state index in [1.54, 1.807) is 0 Å². The number of ether oxygens (including phenoxy) is 1. The summed E-state index contributed by atoms with van der Waals surface area (Å²) < 4.78 is 43.2. The molecule has 10 heteroatoms. The van der Waals surface area contributed by atoms with Crippen LogP contribution in [0.5, 0.6) is 0 Å². The van der Waals surface area contributed by atoms with Crippen molar-refractivity contribution in [3.63, 3.8) is 0 Å². The summed E-state index contributed by atoms with van der Waals surface area (Å²) in [5, 5.41) is 3.00. The summed E-state index contributed by atoms with van der Waals surface area (Å²) in [6.45, 7) is 9.12. The number of likely N-dealkylation sites (N-methyl/N-ethyl adjacent to an activating group) is 1. The van der Waals surface area contributed by atoms with E-state index in [9.17, 15) is 27.6 Å². The molecule has 1 unspecified atom stereocenters. The van der Waals surface area contributed by atoms with Crippen molar-refractivity contribution < 1.29 is 37.1 Å². The quantitative estimate of drug-likeness (QED) is 0.620. The number of rotatable bonds is 6. The lowest BCUT2D eigenvalue weighted by molar-refractivity contribution is -0.196. The van der Waals surface area contributed by atoms with E-state index in [4.69, 9.17) is 9.57 Å². The lowest BCUT2D eigenvalue weighted by Crippen LogP contribution is -2.41. The minimum Gasteiger partial charge on any atom is -0.436 e. The summed E-state index contributed by atoms with van der Waals surface area (Å²) in [5.74, 6) is -1.47. The maximum absolute atomic E-state index is 12.7. The van der Waals surface area contributed by atoms with Crippen molar-refractivity contribution in [2.75, 3.05) is 12.4 Å². The van der Waals surface area contributed by atoms with Crippen molar-refractivity contribution in [1.82, 2.24) is 5.06 Å². The van der Waals surface area contributed by atoms with E-state index in [0.717, 1.165) is 37.6 Å². The first-order valence-electron chi connectivity index (χ1n) is 9.69. The Balaban J connectivity index is 2.90. The van der Waals surface area contributed by atoms with Crippen molar-refractivity contribution in [2.24, 2.45) is 11.3 Å². The highest BCUT2D eigenvalue weighted by Gasteiger charge is 2.32. The first-order valence-corrected chi connectivity index (χ1v) is 9.69. The van der Waals surface area contributed by atoms with Crippen molar-refractivity contribution in [1.29, 1.82) is 0 Å². The molecule has 2 amide bonds. The van der Waals surface area contributed by atoms with Gasteiger partial charge in [0.1, 0.15) is 0 Å². The Morgan fingerprint density at radius 2 is 1.65 bits per heavy atom. The van der Waals surface area contributed by atoms with Gasteiger partial charge in [0.2, 0.25) is 0 Å². The number of carbonyl (C=O) groups excluding carboxylic acids is 3. The van der Waals surface area contributed by atoms with Crippen LogP contribution in [0.1, 0.15) is 53.0 Å². The van der Waals surface area contributed by atoms with Crippen LogP contribution in [-0.2, 0) is 25.3 Å². The number of alkyl halides is 3. The Hall–Kier alpha value is -2.78. The fraction of sp³-hybridized carbons (Fsp3) is 0.571. The van der Waals surface area contributed by atoms with Crippen LogP contribution in [0.25, 0.3) is 0 Å². The molecule has 0 aliphatic rings. The first-order chi connectivity index (χ1) is 14.1. The van der Waals surface area contributed by atoms with Gasteiger partial charge in [0, 0.05) is 19.7 Å². The molecule has 1 aromatic carbocycles. The van der Waals surface area contributed by atoms with Gasteiger partial charge in [-0.05, 0) is 48.4 Å². The maximum Gasteiger partial charge on any atom is 0.416 e. The summed E-state index contributed by atoms with van der Waals surface area (Å²) >= 11 is 0. The van der Waals surface area contributed by atoms with Crippen LogP contribution in [0.3, 0.4) is 0 Å². The van der Waals surface area contributed by atoms with Crippen LogP contribution in [0.2, 0.25) is 0 Å². The van der Waals surface area contributed by atoms with E-state index in [1.807, 2.05) is 27.7 Å². The number of amides is 2. The van der Waals surface area contributed by atoms with Gasteiger partial charge >= 0.3 is 18.2 Å². The summed E-state index contributed by atoms with van der Waals surface area (Å²) in [5.41, 5.74) is -0.823. The molecular formula is C21H29F3N2O5. The van der Waals surface area contributed by atoms with Crippen molar-refractivity contribution in [2.45, 2.75) is 59.7 Å². The minimum absolute atomic E-state index is 0.0152. The Labute approximate surface area is 179 Å². The fourth-order valence-corrected chi connectivity index (χ4v) is 3.15. The molecule has 174 valence electrons. The topological polar surface area (TPSA) is 84.9 Å². The number of hydrogen-bond donors (Lipinski definition) is 1. The Morgan fingerprint density at radius 1 is 1.10 bits per heavy atom. The second-order valence-electron chi connectivity index (χ2n) is 8.62. The summed E-state index contributed by atoms with van der Waals surface area (Å²) in [4.78, 5) is 40.8. The number of hydrogen-bond acceptors (Lipinski definition) is 5. The second kappa shape index (κ2) is 10.5. The number of benzene rings is 1. The molecule has 0 aromatic heterocycles. The van der Waals surface area contributed by atoms with Crippen LogP contribution in [-0.4, -0.2) is 36.2 Å². The third-order valence-corrected chi connectivity index (χ3v) is 4.14. The van der Waals surface area contributed by atoms with Gasteiger partial charge < -0.3 is 9.57 Å². The molecule has 2 atom stereocenters. The van der Waals surface area contributed by atoms with Gasteiger partial charge in [-0.2, -0.15) is 18.2 Å². The van der Waals surface area contributed by atoms with E-state index in [-0.39, 0.29) is 23.4 Å². The molecule has 0 saturated carbocycles. The van der Waals surface area contributed by atoms with Crippen LogP contribution in [0.4, 0.5) is 23.7 Å². The Morgan fingerprint density at radius 3 is 2.10 bits per heavy atom. The lowest BCUT2D eigenvalue weighted by Gasteiger charge is -2.27. The van der Waals surface area contributed by atoms with E-state index in [1.165, 1.54) is 7.05 Å². The van der Waals surface area contributed by atoms with Crippen LogP contribution >= 0.6 is 0 Å². The molecule has 7 nitrogen and oxygen atoms in total. The predicted molar refractivity (Wildman–Crippen MR) is 108 cm³/mol. The lowest BCUT2D eigenvalue weighted by atomic mass is 9.83.